The Morgan fingerprint density at radius 2 is 1.75 bits per heavy atom. The predicted octanol–water partition coefficient (Wildman–Crippen LogP) is 3.14. The van der Waals surface area contributed by atoms with E-state index in [1.165, 1.54) is 5.56 Å². The molecule has 1 amide bonds. The maximum Gasteiger partial charge on any atom is 0.220 e. The van der Waals surface area contributed by atoms with Crippen LogP contribution in [0.5, 0.6) is 0 Å². The number of hydrogen-bond donors (Lipinski definition) is 2. The number of nitrogens with one attached hydrogen (secondary N) is 2. The average Bonchev–Trinajstić information content (AvgIpc) is 2.54. The third kappa shape index (κ3) is 7.02. The highest BCUT2D eigenvalue weighted by Gasteiger charge is 2.16. The fourth-order valence-electron chi connectivity index (χ4n) is 2.94. The van der Waals surface area contributed by atoms with Crippen molar-refractivity contribution in [3.05, 3.63) is 35.4 Å². The van der Waals surface area contributed by atoms with E-state index in [0.29, 0.717) is 11.5 Å². The van der Waals surface area contributed by atoms with Gasteiger partial charge in [-0.1, -0.05) is 38.1 Å². The largest absolute Gasteiger partial charge is 0.353 e. The molecule has 0 atom stereocenters. The lowest BCUT2D eigenvalue weighted by molar-refractivity contribution is -0.121. The Labute approximate surface area is 151 Å². The van der Waals surface area contributed by atoms with Crippen LogP contribution in [0.1, 0.15) is 55.5 Å². The van der Waals surface area contributed by atoms with Crippen molar-refractivity contribution in [2.45, 2.75) is 52.0 Å². The highest BCUT2D eigenvalue weighted by molar-refractivity contribution is 5.98. The van der Waals surface area contributed by atoms with E-state index >= 15 is 0 Å². The van der Waals surface area contributed by atoms with E-state index in [1.807, 2.05) is 24.3 Å². The molecule has 2 N–H and O–H groups in total. The van der Waals surface area contributed by atoms with Crippen LogP contribution >= 0.6 is 12.4 Å². The maximum atomic E-state index is 12.2. The number of carbonyl (C=O) groups is 2. The number of Topliss-reactive ketones (excluding diaryl/α,β-unsaturated/α-hetero) is 1. The van der Waals surface area contributed by atoms with Gasteiger partial charge in [-0.05, 0) is 43.8 Å². The van der Waals surface area contributed by atoms with Crippen molar-refractivity contribution in [2.75, 3.05) is 13.1 Å². The number of halogens is 1. The van der Waals surface area contributed by atoms with Crippen LogP contribution in [0.4, 0.5) is 0 Å². The van der Waals surface area contributed by atoms with Gasteiger partial charge in [0.05, 0.1) is 0 Å². The van der Waals surface area contributed by atoms with E-state index < -0.39 is 0 Å². The Kier molecular flexibility index (Phi) is 9.01. The minimum absolute atomic E-state index is 0. The van der Waals surface area contributed by atoms with Crippen molar-refractivity contribution < 1.29 is 9.59 Å². The van der Waals surface area contributed by atoms with Crippen LogP contribution in [0, 0.1) is 5.92 Å². The molecule has 1 aromatic carbocycles. The SMILES string of the molecule is CC(C)Cc1ccc(C(=O)CCC(=O)NC2CCNCC2)cc1.Cl. The zero-order chi connectivity index (χ0) is 16.7. The van der Waals surface area contributed by atoms with Crippen molar-refractivity contribution in [2.24, 2.45) is 5.92 Å². The van der Waals surface area contributed by atoms with Gasteiger partial charge < -0.3 is 10.6 Å². The molecule has 4 nitrogen and oxygen atoms in total. The molecule has 1 aromatic rings. The normalized spacial score (nSPS) is 15.0. The van der Waals surface area contributed by atoms with Crippen molar-refractivity contribution in [1.29, 1.82) is 0 Å². The highest BCUT2D eigenvalue weighted by atomic mass is 35.5. The summed E-state index contributed by atoms with van der Waals surface area (Å²) in [6.45, 7) is 6.26. The lowest BCUT2D eigenvalue weighted by Crippen LogP contribution is -2.42. The number of ketones is 1. The third-order valence-corrected chi connectivity index (χ3v) is 4.20. The first kappa shape index (κ1) is 20.7. The zero-order valence-corrected chi connectivity index (χ0v) is 15.5. The highest BCUT2D eigenvalue weighted by Crippen LogP contribution is 2.12. The molecule has 0 aromatic heterocycles. The molecule has 1 saturated heterocycles. The number of amides is 1. The summed E-state index contributed by atoms with van der Waals surface area (Å²) in [5.41, 5.74) is 1.95. The summed E-state index contributed by atoms with van der Waals surface area (Å²) in [5, 5.41) is 6.30. The molecular weight excluding hydrogens is 324 g/mol. The van der Waals surface area contributed by atoms with Crippen LogP contribution in [0.3, 0.4) is 0 Å². The van der Waals surface area contributed by atoms with Gasteiger partial charge in [0.1, 0.15) is 0 Å². The minimum atomic E-state index is -0.0123. The van der Waals surface area contributed by atoms with Crippen LogP contribution < -0.4 is 10.6 Å². The summed E-state index contributed by atoms with van der Waals surface area (Å²) in [6.07, 6.45) is 3.51. The van der Waals surface area contributed by atoms with Gasteiger partial charge in [-0.3, -0.25) is 9.59 Å². The Bertz CT molecular complexity index is 523. The standard InChI is InChI=1S/C19H28N2O2.ClH/c1-14(2)13-15-3-5-16(6-4-15)18(22)7-8-19(23)21-17-9-11-20-12-10-17;/h3-6,14,17,20H,7-13H2,1-2H3,(H,21,23);1H. The third-order valence-electron chi connectivity index (χ3n) is 4.20. The van der Waals surface area contributed by atoms with Crippen molar-refractivity contribution in [3.8, 4) is 0 Å². The number of hydrogen-bond acceptors (Lipinski definition) is 3. The molecule has 0 aliphatic carbocycles. The van der Waals surface area contributed by atoms with E-state index in [4.69, 9.17) is 0 Å². The smallest absolute Gasteiger partial charge is 0.220 e. The molecule has 1 aliphatic rings. The zero-order valence-electron chi connectivity index (χ0n) is 14.6. The first-order valence-electron chi connectivity index (χ1n) is 8.67. The quantitative estimate of drug-likeness (QED) is 0.741. The number of benzene rings is 1. The van der Waals surface area contributed by atoms with E-state index in [1.54, 1.807) is 0 Å². The Balaban J connectivity index is 0.00000288. The number of rotatable bonds is 7. The second kappa shape index (κ2) is 10.5. The molecule has 0 unspecified atom stereocenters. The van der Waals surface area contributed by atoms with Gasteiger partial charge in [0.25, 0.3) is 0 Å². The van der Waals surface area contributed by atoms with Crippen LogP contribution in [0.15, 0.2) is 24.3 Å². The molecular formula is C19H29ClN2O2. The molecule has 1 aliphatic heterocycles. The van der Waals surface area contributed by atoms with Gasteiger partial charge in [0, 0.05) is 24.4 Å². The van der Waals surface area contributed by atoms with Crippen molar-refractivity contribution in [1.82, 2.24) is 10.6 Å². The Morgan fingerprint density at radius 3 is 2.33 bits per heavy atom. The van der Waals surface area contributed by atoms with Gasteiger partial charge in [-0.2, -0.15) is 0 Å². The monoisotopic (exact) mass is 352 g/mol. The molecule has 2 rings (SSSR count). The van der Waals surface area contributed by atoms with Crippen LogP contribution in [0.25, 0.3) is 0 Å². The number of piperidine rings is 1. The van der Waals surface area contributed by atoms with Crippen LogP contribution in [-0.4, -0.2) is 30.8 Å². The van der Waals surface area contributed by atoms with Gasteiger partial charge in [0.2, 0.25) is 5.91 Å². The summed E-state index contributed by atoms with van der Waals surface area (Å²) in [5.74, 6) is 0.637. The molecule has 0 radical (unpaired) electrons. The predicted molar refractivity (Wildman–Crippen MR) is 99.8 cm³/mol. The number of carbonyl (C=O) groups excluding carboxylic acids is 2. The van der Waals surface area contributed by atoms with E-state index in [9.17, 15) is 9.59 Å². The van der Waals surface area contributed by atoms with Gasteiger partial charge >= 0.3 is 0 Å². The Hall–Kier alpha value is -1.39. The Morgan fingerprint density at radius 1 is 1.12 bits per heavy atom. The first-order valence-corrected chi connectivity index (χ1v) is 8.67. The summed E-state index contributed by atoms with van der Waals surface area (Å²) in [7, 11) is 0. The van der Waals surface area contributed by atoms with E-state index in [-0.39, 0.29) is 43.0 Å². The molecule has 1 heterocycles. The van der Waals surface area contributed by atoms with Gasteiger partial charge in [-0.25, -0.2) is 0 Å². The summed E-state index contributed by atoms with van der Waals surface area (Å²) in [6, 6.07) is 8.05. The molecule has 5 heteroatoms. The topological polar surface area (TPSA) is 58.2 Å². The lowest BCUT2D eigenvalue weighted by Gasteiger charge is -2.23. The average molecular weight is 353 g/mol. The fraction of sp³-hybridized carbons (Fsp3) is 0.579. The van der Waals surface area contributed by atoms with Crippen molar-refractivity contribution in [3.63, 3.8) is 0 Å². The second-order valence-corrected chi connectivity index (χ2v) is 6.81. The summed E-state index contributed by atoms with van der Waals surface area (Å²) >= 11 is 0. The molecule has 0 bridgehead atoms. The van der Waals surface area contributed by atoms with E-state index in [0.717, 1.165) is 32.4 Å². The first-order chi connectivity index (χ1) is 11.0. The molecule has 134 valence electrons. The van der Waals surface area contributed by atoms with Crippen LogP contribution in [-0.2, 0) is 11.2 Å². The van der Waals surface area contributed by atoms with Gasteiger partial charge in [-0.15, -0.1) is 12.4 Å². The minimum Gasteiger partial charge on any atom is -0.353 e. The molecule has 0 spiro atoms. The lowest BCUT2D eigenvalue weighted by atomic mass is 9.99. The van der Waals surface area contributed by atoms with Gasteiger partial charge in [0.15, 0.2) is 5.78 Å². The van der Waals surface area contributed by atoms with E-state index in [2.05, 4.69) is 24.5 Å². The van der Waals surface area contributed by atoms with Crippen LogP contribution in [0.2, 0.25) is 0 Å². The molecule has 0 saturated carbocycles. The fourth-order valence-corrected chi connectivity index (χ4v) is 2.94. The molecule has 1 fully saturated rings. The summed E-state index contributed by atoms with van der Waals surface area (Å²) in [4.78, 5) is 24.1. The second-order valence-electron chi connectivity index (χ2n) is 6.81. The molecule has 24 heavy (non-hydrogen) atoms. The summed E-state index contributed by atoms with van der Waals surface area (Å²) < 4.78 is 0. The maximum absolute atomic E-state index is 12.2. The van der Waals surface area contributed by atoms with Crippen molar-refractivity contribution >= 4 is 24.1 Å².